The van der Waals surface area contributed by atoms with Gasteiger partial charge in [0.2, 0.25) is 5.91 Å². The molecule has 1 aromatic heterocycles. The summed E-state index contributed by atoms with van der Waals surface area (Å²) in [6.07, 6.45) is 0. The maximum Gasteiger partial charge on any atom is 0.234 e. The van der Waals surface area contributed by atoms with E-state index in [1.165, 1.54) is 4.88 Å². The highest BCUT2D eigenvalue weighted by molar-refractivity contribution is 7.09. The molecule has 0 saturated carbocycles. The molecule has 0 unspecified atom stereocenters. The Morgan fingerprint density at radius 1 is 1.25 bits per heavy atom. The Morgan fingerprint density at radius 2 is 1.90 bits per heavy atom. The Morgan fingerprint density at radius 3 is 2.45 bits per heavy atom. The van der Waals surface area contributed by atoms with E-state index < -0.39 is 0 Å². The molecule has 112 valence electrons. The number of amides is 1. The molecular formula is C15H25N3OS. The lowest BCUT2D eigenvalue weighted by atomic mass is 10.1. The first-order valence-corrected chi connectivity index (χ1v) is 8.08. The monoisotopic (exact) mass is 295 g/mol. The van der Waals surface area contributed by atoms with Gasteiger partial charge >= 0.3 is 0 Å². The number of thiophene rings is 1. The maximum absolute atomic E-state index is 11.9. The molecule has 0 spiro atoms. The third kappa shape index (κ3) is 5.23. The Hall–Kier alpha value is -0.910. The summed E-state index contributed by atoms with van der Waals surface area (Å²) in [6, 6.07) is 4.29. The van der Waals surface area contributed by atoms with Crippen molar-refractivity contribution in [2.75, 3.05) is 32.7 Å². The van der Waals surface area contributed by atoms with Crippen LogP contribution in [0.5, 0.6) is 0 Å². The van der Waals surface area contributed by atoms with Crippen LogP contribution in [-0.4, -0.2) is 54.0 Å². The van der Waals surface area contributed by atoms with E-state index in [4.69, 9.17) is 0 Å². The molecule has 20 heavy (non-hydrogen) atoms. The summed E-state index contributed by atoms with van der Waals surface area (Å²) < 4.78 is 0. The highest BCUT2D eigenvalue weighted by atomic mass is 32.1. The third-order valence-corrected chi connectivity index (χ3v) is 4.17. The van der Waals surface area contributed by atoms with E-state index in [2.05, 4.69) is 32.6 Å². The van der Waals surface area contributed by atoms with Gasteiger partial charge < -0.3 is 5.32 Å². The van der Waals surface area contributed by atoms with Gasteiger partial charge in [-0.15, -0.1) is 11.3 Å². The van der Waals surface area contributed by atoms with Crippen LogP contribution in [0, 0.1) is 0 Å². The maximum atomic E-state index is 11.9. The van der Waals surface area contributed by atoms with Crippen molar-refractivity contribution in [3.05, 3.63) is 22.4 Å². The van der Waals surface area contributed by atoms with Crippen molar-refractivity contribution in [1.29, 1.82) is 0 Å². The zero-order valence-corrected chi connectivity index (χ0v) is 13.5. The van der Waals surface area contributed by atoms with Crippen molar-refractivity contribution in [1.82, 2.24) is 15.1 Å². The van der Waals surface area contributed by atoms with Gasteiger partial charge in [-0.05, 0) is 32.2 Å². The smallest absolute Gasteiger partial charge is 0.234 e. The summed E-state index contributed by atoms with van der Waals surface area (Å²) in [6.45, 7) is 11.6. The number of carbonyl (C=O) groups is 1. The fourth-order valence-corrected chi connectivity index (χ4v) is 3.14. The van der Waals surface area contributed by atoms with Gasteiger partial charge in [-0.1, -0.05) is 6.07 Å². The minimum atomic E-state index is -0.141. The van der Waals surface area contributed by atoms with E-state index in [0.717, 1.165) is 32.7 Å². The van der Waals surface area contributed by atoms with Gasteiger partial charge in [0, 0.05) is 43.1 Å². The average molecular weight is 295 g/mol. The molecular weight excluding hydrogens is 270 g/mol. The number of carbonyl (C=O) groups excluding carboxylic acids is 1. The topological polar surface area (TPSA) is 35.6 Å². The summed E-state index contributed by atoms with van der Waals surface area (Å²) in [5.41, 5.74) is -0.141. The normalized spacial score (nSPS) is 18.1. The summed E-state index contributed by atoms with van der Waals surface area (Å²) in [7, 11) is 0. The van der Waals surface area contributed by atoms with Crippen LogP contribution in [0.25, 0.3) is 0 Å². The first kappa shape index (κ1) is 15.5. The molecule has 1 saturated heterocycles. The predicted octanol–water partition coefficient (Wildman–Crippen LogP) is 1.78. The molecule has 1 fully saturated rings. The van der Waals surface area contributed by atoms with Gasteiger partial charge in [-0.3, -0.25) is 14.6 Å². The molecule has 5 heteroatoms. The number of rotatable bonds is 4. The van der Waals surface area contributed by atoms with Crippen LogP contribution in [0.15, 0.2) is 17.5 Å². The summed E-state index contributed by atoms with van der Waals surface area (Å²) in [5, 5.41) is 5.15. The van der Waals surface area contributed by atoms with Crippen molar-refractivity contribution < 1.29 is 4.79 Å². The van der Waals surface area contributed by atoms with Gasteiger partial charge in [0.25, 0.3) is 0 Å². The van der Waals surface area contributed by atoms with Gasteiger partial charge in [-0.25, -0.2) is 0 Å². The van der Waals surface area contributed by atoms with Crippen LogP contribution in [0.2, 0.25) is 0 Å². The highest BCUT2D eigenvalue weighted by Gasteiger charge is 2.21. The second-order valence-electron chi connectivity index (χ2n) is 6.43. The highest BCUT2D eigenvalue weighted by Crippen LogP contribution is 2.13. The van der Waals surface area contributed by atoms with E-state index >= 15 is 0 Å². The van der Waals surface area contributed by atoms with Gasteiger partial charge in [0.05, 0.1) is 6.54 Å². The zero-order valence-electron chi connectivity index (χ0n) is 12.7. The molecule has 2 heterocycles. The number of hydrogen-bond donors (Lipinski definition) is 1. The second-order valence-corrected chi connectivity index (χ2v) is 7.46. The third-order valence-electron chi connectivity index (χ3n) is 3.31. The molecule has 0 aliphatic carbocycles. The Kier molecular flexibility index (Phi) is 5.18. The van der Waals surface area contributed by atoms with Crippen molar-refractivity contribution in [2.24, 2.45) is 0 Å². The molecule has 4 nitrogen and oxygen atoms in total. The molecule has 0 radical (unpaired) electrons. The zero-order chi connectivity index (χ0) is 14.6. The van der Waals surface area contributed by atoms with Crippen molar-refractivity contribution in [3.63, 3.8) is 0 Å². The van der Waals surface area contributed by atoms with E-state index in [0.29, 0.717) is 6.54 Å². The molecule has 1 aromatic rings. The number of nitrogens with zero attached hydrogens (tertiary/aromatic N) is 2. The molecule has 1 aliphatic rings. The summed E-state index contributed by atoms with van der Waals surface area (Å²) in [5.74, 6) is 0.129. The molecule has 0 bridgehead atoms. The Labute approximate surface area is 125 Å². The van der Waals surface area contributed by atoms with E-state index in [9.17, 15) is 4.79 Å². The summed E-state index contributed by atoms with van der Waals surface area (Å²) in [4.78, 5) is 18.0. The number of nitrogens with one attached hydrogen (secondary N) is 1. The predicted molar refractivity (Wildman–Crippen MR) is 83.9 cm³/mol. The van der Waals surface area contributed by atoms with Crippen LogP contribution in [0.3, 0.4) is 0 Å². The van der Waals surface area contributed by atoms with Gasteiger partial charge in [0.1, 0.15) is 0 Å². The van der Waals surface area contributed by atoms with E-state index in [-0.39, 0.29) is 11.4 Å². The SMILES string of the molecule is CC(C)(C)NC(=O)CN1CCN(Cc2cccs2)CC1. The second kappa shape index (κ2) is 6.70. The lowest BCUT2D eigenvalue weighted by molar-refractivity contribution is -0.124. The number of piperazine rings is 1. The van der Waals surface area contributed by atoms with Crippen molar-refractivity contribution in [2.45, 2.75) is 32.9 Å². The minimum Gasteiger partial charge on any atom is -0.350 e. The lowest BCUT2D eigenvalue weighted by Gasteiger charge is -2.34. The Balaban J connectivity index is 1.70. The molecule has 0 aromatic carbocycles. The van der Waals surface area contributed by atoms with Crippen LogP contribution in [0.1, 0.15) is 25.6 Å². The lowest BCUT2D eigenvalue weighted by Crippen LogP contribution is -2.51. The van der Waals surface area contributed by atoms with E-state index in [1.54, 1.807) is 0 Å². The van der Waals surface area contributed by atoms with Crippen LogP contribution < -0.4 is 5.32 Å². The Bertz CT molecular complexity index is 417. The largest absolute Gasteiger partial charge is 0.350 e. The average Bonchev–Trinajstić information content (AvgIpc) is 2.82. The standard InChI is InChI=1S/C15H25N3OS/c1-15(2,3)16-14(19)12-18-8-6-17(7-9-18)11-13-5-4-10-20-13/h4-5,10H,6-9,11-12H2,1-3H3,(H,16,19). The van der Waals surface area contributed by atoms with Crippen LogP contribution >= 0.6 is 11.3 Å². The molecule has 1 aliphatic heterocycles. The van der Waals surface area contributed by atoms with Crippen molar-refractivity contribution >= 4 is 17.2 Å². The fourth-order valence-electron chi connectivity index (χ4n) is 2.39. The molecule has 2 rings (SSSR count). The van der Waals surface area contributed by atoms with E-state index in [1.807, 2.05) is 32.1 Å². The van der Waals surface area contributed by atoms with Crippen LogP contribution in [-0.2, 0) is 11.3 Å². The summed E-state index contributed by atoms with van der Waals surface area (Å²) >= 11 is 1.81. The minimum absolute atomic E-state index is 0.129. The molecule has 1 N–H and O–H groups in total. The molecule has 1 amide bonds. The molecule has 0 atom stereocenters. The van der Waals surface area contributed by atoms with Crippen molar-refractivity contribution in [3.8, 4) is 0 Å². The van der Waals surface area contributed by atoms with Gasteiger partial charge in [-0.2, -0.15) is 0 Å². The van der Waals surface area contributed by atoms with Gasteiger partial charge in [0.15, 0.2) is 0 Å². The quantitative estimate of drug-likeness (QED) is 0.920. The first-order valence-electron chi connectivity index (χ1n) is 7.20. The van der Waals surface area contributed by atoms with Crippen LogP contribution in [0.4, 0.5) is 0 Å². The number of hydrogen-bond acceptors (Lipinski definition) is 4. The first-order chi connectivity index (χ1) is 9.42. The fraction of sp³-hybridized carbons (Fsp3) is 0.667.